The Hall–Kier alpha value is -1.83. The molecule has 2 rings (SSSR count). The molecule has 0 amide bonds. The first kappa shape index (κ1) is 16.2. The van der Waals surface area contributed by atoms with Crippen LogP contribution in [-0.2, 0) is 9.53 Å². The molecule has 0 aromatic carbocycles. The summed E-state index contributed by atoms with van der Waals surface area (Å²) in [7, 11) is 1.54. The zero-order valence-corrected chi connectivity index (χ0v) is 13.0. The zero-order chi connectivity index (χ0) is 15.3. The van der Waals surface area contributed by atoms with Gasteiger partial charge in [0.05, 0.1) is 12.7 Å². The third-order valence-electron chi connectivity index (χ3n) is 3.88. The SMILES string of the molecule is C=C1C(=O)C(C)=C1OC.C=CC1=C(C)C(=CC)CCC1. The summed E-state index contributed by atoms with van der Waals surface area (Å²) < 4.78 is 4.84. The maximum Gasteiger partial charge on any atom is 0.195 e. The van der Waals surface area contributed by atoms with Crippen molar-refractivity contribution in [1.82, 2.24) is 0 Å². The third kappa shape index (κ3) is 3.19. The molecule has 0 spiro atoms. The molecule has 0 bridgehead atoms. The fraction of sp³-hybridized carbons (Fsp3) is 0.389. The molecule has 0 aliphatic heterocycles. The summed E-state index contributed by atoms with van der Waals surface area (Å²) in [6.45, 7) is 13.4. The lowest BCUT2D eigenvalue weighted by atomic mass is 9.88. The van der Waals surface area contributed by atoms with E-state index in [1.807, 2.05) is 6.08 Å². The fourth-order valence-corrected chi connectivity index (χ4v) is 2.54. The van der Waals surface area contributed by atoms with Crippen LogP contribution in [0.4, 0.5) is 0 Å². The van der Waals surface area contributed by atoms with Crippen LogP contribution in [-0.4, -0.2) is 12.9 Å². The van der Waals surface area contributed by atoms with Gasteiger partial charge in [-0.15, -0.1) is 0 Å². The van der Waals surface area contributed by atoms with Gasteiger partial charge in [-0.2, -0.15) is 0 Å². The average Bonchev–Trinajstić information content (AvgIpc) is 2.48. The minimum atomic E-state index is 0.0202. The second-order valence-corrected chi connectivity index (χ2v) is 4.99. The summed E-state index contributed by atoms with van der Waals surface area (Å²) in [5.74, 6) is 0.673. The Morgan fingerprint density at radius 1 is 1.20 bits per heavy atom. The molecule has 108 valence electrons. The number of hydrogen-bond acceptors (Lipinski definition) is 2. The Bertz CT molecular complexity index is 528. The molecule has 0 N–H and O–H groups in total. The first-order valence-electron chi connectivity index (χ1n) is 6.94. The van der Waals surface area contributed by atoms with E-state index in [1.165, 1.54) is 43.1 Å². The molecule has 20 heavy (non-hydrogen) atoms. The van der Waals surface area contributed by atoms with Gasteiger partial charge in [0, 0.05) is 5.57 Å². The highest BCUT2D eigenvalue weighted by atomic mass is 16.5. The van der Waals surface area contributed by atoms with Gasteiger partial charge in [-0.3, -0.25) is 4.79 Å². The highest BCUT2D eigenvalue weighted by Crippen LogP contribution is 2.29. The number of Topliss-reactive ketones (excluding diaryl/α,β-unsaturated/α-hetero) is 1. The highest BCUT2D eigenvalue weighted by molar-refractivity contribution is 6.18. The summed E-state index contributed by atoms with van der Waals surface area (Å²) in [6, 6.07) is 0. The van der Waals surface area contributed by atoms with Crippen LogP contribution < -0.4 is 0 Å². The van der Waals surface area contributed by atoms with Gasteiger partial charge in [0.15, 0.2) is 5.78 Å². The first-order chi connectivity index (χ1) is 9.47. The minimum Gasteiger partial charge on any atom is -0.496 e. The van der Waals surface area contributed by atoms with Gasteiger partial charge in [0.2, 0.25) is 0 Å². The standard InChI is InChI=1S/C11H16.C7H8O2/c1-4-10-7-6-8-11(5-2)9(10)3;1-4-6(8)5(2)7(4)9-3/h4-5H,1,6-8H2,2-3H3;1H2,2-3H3. The largest absolute Gasteiger partial charge is 0.496 e. The van der Waals surface area contributed by atoms with Crippen molar-refractivity contribution in [3.05, 3.63) is 58.9 Å². The van der Waals surface area contributed by atoms with E-state index in [-0.39, 0.29) is 5.78 Å². The van der Waals surface area contributed by atoms with Gasteiger partial charge in [-0.25, -0.2) is 0 Å². The van der Waals surface area contributed by atoms with Crippen molar-refractivity contribution in [1.29, 1.82) is 0 Å². The lowest BCUT2D eigenvalue weighted by Crippen LogP contribution is -2.20. The highest BCUT2D eigenvalue weighted by Gasteiger charge is 2.28. The van der Waals surface area contributed by atoms with Crippen molar-refractivity contribution in [2.75, 3.05) is 7.11 Å². The molecule has 0 aromatic heterocycles. The van der Waals surface area contributed by atoms with E-state index in [0.717, 1.165) is 0 Å². The molecule has 0 radical (unpaired) electrons. The smallest absolute Gasteiger partial charge is 0.195 e. The van der Waals surface area contributed by atoms with Crippen molar-refractivity contribution in [3.63, 3.8) is 0 Å². The zero-order valence-electron chi connectivity index (χ0n) is 13.0. The predicted molar refractivity (Wildman–Crippen MR) is 84.4 cm³/mol. The summed E-state index contributed by atoms with van der Waals surface area (Å²) in [5, 5.41) is 0. The van der Waals surface area contributed by atoms with E-state index in [2.05, 4.69) is 33.1 Å². The number of allylic oxidation sites excluding steroid dienone is 7. The number of ketones is 1. The molecule has 0 atom stereocenters. The third-order valence-corrected chi connectivity index (χ3v) is 3.88. The molecule has 0 saturated carbocycles. The Morgan fingerprint density at radius 2 is 1.85 bits per heavy atom. The van der Waals surface area contributed by atoms with Crippen LogP contribution >= 0.6 is 0 Å². The predicted octanol–water partition coefficient (Wildman–Crippen LogP) is 4.66. The molecule has 0 unspecified atom stereocenters. The van der Waals surface area contributed by atoms with Crippen LogP contribution in [0, 0.1) is 0 Å². The molecule has 0 heterocycles. The molecule has 0 aromatic rings. The van der Waals surface area contributed by atoms with Crippen LogP contribution in [0.2, 0.25) is 0 Å². The van der Waals surface area contributed by atoms with Crippen molar-refractivity contribution >= 4 is 5.78 Å². The molecular formula is C18H24O2. The number of ether oxygens (including phenoxy) is 1. The van der Waals surface area contributed by atoms with Crippen LogP contribution in [0.25, 0.3) is 0 Å². The van der Waals surface area contributed by atoms with Crippen molar-refractivity contribution in [2.24, 2.45) is 0 Å². The van der Waals surface area contributed by atoms with E-state index in [4.69, 9.17) is 4.74 Å². The Morgan fingerprint density at radius 3 is 2.25 bits per heavy atom. The van der Waals surface area contributed by atoms with Gasteiger partial charge in [-0.1, -0.05) is 25.3 Å². The van der Waals surface area contributed by atoms with E-state index >= 15 is 0 Å². The van der Waals surface area contributed by atoms with Gasteiger partial charge in [0.25, 0.3) is 0 Å². The summed E-state index contributed by atoms with van der Waals surface area (Å²) in [6.07, 6.45) is 7.97. The van der Waals surface area contributed by atoms with Crippen LogP contribution in [0.3, 0.4) is 0 Å². The minimum absolute atomic E-state index is 0.0202. The number of hydrogen-bond donors (Lipinski definition) is 0. The number of carbonyl (C=O) groups excluding carboxylic acids is 1. The normalized spacial score (nSPS) is 20.5. The lowest BCUT2D eigenvalue weighted by molar-refractivity contribution is -0.113. The Kier molecular flexibility index (Phi) is 5.75. The van der Waals surface area contributed by atoms with Crippen molar-refractivity contribution < 1.29 is 9.53 Å². The molecule has 2 nitrogen and oxygen atoms in total. The van der Waals surface area contributed by atoms with E-state index in [1.54, 1.807) is 6.92 Å². The second-order valence-electron chi connectivity index (χ2n) is 4.99. The molecule has 2 aliphatic carbocycles. The van der Waals surface area contributed by atoms with E-state index in [9.17, 15) is 4.79 Å². The number of rotatable bonds is 2. The van der Waals surface area contributed by atoms with E-state index < -0.39 is 0 Å². The van der Waals surface area contributed by atoms with Gasteiger partial charge >= 0.3 is 0 Å². The van der Waals surface area contributed by atoms with Crippen LogP contribution in [0.15, 0.2) is 58.9 Å². The average molecular weight is 272 g/mol. The number of carbonyl (C=O) groups is 1. The quantitative estimate of drug-likeness (QED) is 0.683. The lowest BCUT2D eigenvalue weighted by Gasteiger charge is -2.19. The molecule has 2 heteroatoms. The maximum atomic E-state index is 10.7. The van der Waals surface area contributed by atoms with Crippen LogP contribution in [0.5, 0.6) is 0 Å². The number of methoxy groups -OCH3 is 1. The molecular weight excluding hydrogens is 248 g/mol. The first-order valence-corrected chi connectivity index (χ1v) is 6.94. The van der Waals surface area contributed by atoms with Gasteiger partial charge in [-0.05, 0) is 56.8 Å². The summed E-state index contributed by atoms with van der Waals surface area (Å²) >= 11 is 0. The molecule has 0 fully saturated rings. The van der Waals surface area contributed by atoms with Crippen LogP contribution in [0.1, 0.15) is 40.0 Å². The fourth-order valence-electron chi connectivity index (χ4n) is 2.54. The summed E-state index contributed by atoms with van der Waals surface area (Å²) in [4.78, 5) is 10.7. The second kappa shape index (κ2) is 7.09. The van der Waals surface area contributed by atoms with Crippen molar-refractivity contribution in [2.45, 2.75) is 40.0 Å². The monoisotopic (exact) mass is 272 g/mol. The van der Waals surface area contributed by atoms with Gasteiger partial charge in [0.1, 0.15) is 5.76 Å². The van der Waals surface area contributed by atoms with Gasteiger partial charge < -0.3 is 4.74 Å². The molecule has 0 saturated heterocycles. The van der Waals surface area contributed by atoms with E-state index in [0.29, 0.717) is 16.9 Å². The summed E-state index contributed by atoms with van der Waals surface area (Å²) in [5.41, 5.74) is 5.57. The maximum absolute atomic E-state index is 10.7. The van der Waals surface area contributed by atoms with Crippen molar-refractivity contribution in [3.8, 4) is 0 Å². The Balaban J connectivity index is 0.000000204. The Labute approximate surface area is 122 Å². The topological polar surface area (TPSA) is 26.3 Å². The molecule has 2 aliphatic rings.